The molecule has 1 aromatic heterocycles. The molecule has 1 saturated heterocycles. The van der Waals surface area contributed by atoms with Gasteiger partial charge in [0, 0.05) is 31.2 Å². The summed E-state index contributed by atoms with van der Waals surface area (Å²) in [5, 5.41) is 14.4. The largest absolute Gasteiger partial charge is 0.510 e. The summed E-state index contributed by atoms with van der Waals surface area (Å²) in [5.41, 5.74) is 1.98. The zero-order chi connectivity index (χ0) is 18.5. The number of hydrogen-bond acceptors (Lipinski definition) is 7. The summed E-state index contributed by atoms with van der Waals surface area (Å²) < 4.78 is 16.7. The number of aromatic nitrogens is 1. The lowest BCUT2D eigenvalue weighted by atomic mass is 10.1. The van der Waals surface area contributed by atoms with Gasteiger partial charge < -0.3 is 24.8 Å². The van der Waals surface area contributed by atoms with Crippen LogP contribution in [-0.4, -0.2) is 67.4 Å². The minimum absolute atomic E-state index is 0.153. The van der Waals surface area contributed by atoms with Crippen molar-refractivity contribution in [3.8, 4) is 0 Å². The number of aliphatic hydroxyl groups excluding tert-OH is 1. The van der Waals surface area contributed by atoms with E-state index in [0.29, 0.717) is 13.1 Å². The normalized spacial score (nSPS) is 15.8. The quantitative estimate of drug-likeness (QED) is 0.540. The van der Waals surface area contributed by atoms with Crippen molar-refractivity contribution < 1.29 is 24.1 Å². The van der Waals surface area contributed by atoms with E-state index in [1.165, 1.54) is 0 Å². The molecule has 0 amide bonds. The van der Waals surface area contributed by atoms with Crippen LogP contribution in [0, 0.1) is 0 Å². The smallest absolute Gasteiger partial charge is 0.428 e. The highest BCUT2D eigenvalue weighted by Gasteiger charge is 2.22. The predicted octanol–water partition coefficient (Wildman–Crippen LogP) is 1.29. The Bertz CT molecular complexity index is 742. The second-order valence-corrected chi connectivity index (χ2v) is 6.54. The number of rotatable bonds is 8. The predicted molar refractivity (Wildman–Crippen MR) is 95.6 cm³/mol. The molecule has 1 aliphatic heterocycles. The first-order valence-electron chi connectivity index (χ1n) is 8.61. The Morgan fingerprint density at radius 1 is 1.38 bits per heavy atom. The van der Waals surface area contributed by atoms with Gasteiger partial charge in [-0.1, -0.05) is 18.2 Å². The maximum Gasteiger partial charge on any atom is 0.510 e. The van der Waals surface area contributed by atoms with Crippen molar-refractivity contribution in [3.05, 3.63) is 36.0 Å². The molecule has 3 rings (SSSR count). The van der Waals surface area contributed by atoms with E-state index in [-0.39, 0.29) is 12.9 Å². The molecular weight excluding hydrogens is 338 g/mol. The van der Waals surface area contributed by atoms with Crippen LogP contribution in [0.5, 0.6) is 0 Å². The van der Waals surface area contributed by atoms with Gasteiger partial charge in [-0.25, -0.2) is 4.79 Å². The van der Waals surface area contributed by atoms with Crippen LogP contribution in [0.1, 0.15) is 12.0 Å². The minimum Gasteiger partial charge on any atom is -0.428 e. The summed E-state index contributed by atoms with van der Waals surface area (Å²) in [6.07, 6.45) is 0.516. The molecule has 0 radical (unpaired) electrons. The molecule has 1 unspecified atom stereocenters. The van der Waals surface area contributed by atoms with Gasteiger partial charge >= 0.3 is 6.16 Å². The van der Waals surface area contributed by atoms with E-state index in [1.54, 1.807) is 4.57 Å². The highest BCUT2D eigenvalue weighted by Crippen LogP contribution is 2.25. The van der Waals surface area contributed by atoms with E-state index in [2.05, 4.69) is 10.2 Å². The Morgan fingerprint density at radius 2 is 2.15 bits per heavy atom. The SMILES string of the molecule is CN(C)CCc1cn(C(O)OCOC(=O)OC2CNC2)c2ccccc12. The first-order valence-corrected chi connectivity index (χ1v) is 8.61. The number of likely N-dealkylation sites (N-methyl/N-ethyl adjacent to an activating group) is 1. The van der Waals surface area contributed by atoms with Gasteiger partial charge in [0.05, 0.1) is 5.52 Å². The standard InChI is InChI=1S/C18H25N3O5/c1-20(2)8-7-13-11-21(16-6-4-3-5-15(13)16)17(22)24-12-25-18(23)26-14-9-19-10-14/h3-6,11,14,17,19,22H,7-10,12H2,1-2H3. The number of hydrogen-bond donors (Lipinski definition) is 2. The van der Waals surface area contributed by atoms with Gasteiger partial charge in [-0.15, -0.1) is 0 Å². The van der Waals surface area contributed by atoms with E-state index in [4.69, 9.17) is 14.2 Å². The van der Waals surface area contributed by atoms with Crippen LogP contribution < -0.4 is 5.32 Å². The van der Waals surface area contributed by atoms with Crippen molar-refractivity contribution in [1.29, 1.82) is 0 Å². The number of benzene rings is 1. The molecule has 0 aliphatic carbocycles. The van der Waals surface area contributed by atoms with Crippen LogP contribution in [0.25, 0.3) is 10.9 Å². The average Bonchev–Trinajstić information content (AvgIpc) is 2.95. The molecule has 1 aliphatic rings. The van der Waals surface area contributed by atoms with Gasteiger partial charge in [-0.05, 0) is 32.1 Å². The van der Waals surface area contributed by atoms with Gasteiger partial charge in [-0.3, -0.25) is 9.30 Å². The molecule has 26 heavy (non-hydrogen) atoms. The fourth-order valence-corrected chi connectivity index (χ4v) is 2.74. The summed E-state index contributed by atoms with van der Waals surface area (Å²) in [6.45, 7) is 1.77. The van der Waals surface area contributed by atoms with Gasteiger partial charge in [0.1, 0.15) is 6.10 Å². The summed E-state index contributed by atoms with van der Waals surface area (Å²) in [5.74, 6) is 0. The molecule has 1 atom stereocenters. The molecule has 0 saturated carbocycles. The van der Waals surface area contributed by atoms with Crippen molar-refractivity contribution >= 4 is 17.1 Å². The Morgan fingerprint density at radius 3 is 2.85 bits per heavy atom. The van der Waals surface area contributed by atoms with Gasteiger partial charge in [-0.2, -0.15) is 0 Å². The number of nitrogens with one attached hydrogen (secondary N) is 1. The molecule has 1 aromatic carbocycles. The molecule has 2 N–H and O–H groups in total. The lowest BCUT2D eigenvalue weighted by Gasteiger charge is -2.26. The zero-order valence-corrected chi connectivity index (χ0v) is 15.1. The summed E-state index contributed by atoms with van der Waals surface area (Å²) in [4.78, 5) is 13.6. The summed E-state index contributed by atoms with van der Waals surface area (Å²) in [6, 6.07) is 7.80. The van der Waals surface area contributed by atoms with Gasteiger partial charge in [0.2, 0.25) is 13.2 Å². The first kappa shape index (κ1) is 18.7. The van der Waals surface area contributed by atoms with Crippen LogP contribution >= 0.6 is 0 Å². The maximum atomic E-state index is 11.5. The third-order valence-corrected chi connectivity index (χ3v) is 4.29. The highest BCUT2D eigenvalue weighted by molar-refractivity contribution is 5.84. The highest BCUT2D eigenvalue weighted by atomic mass is 16.8. The van der Waals surface area contributed by atoms with Crippen LogP contribution in [0.4, 0.5) is 4.79 Å². The average molecular weight is 363 g/mol. The second kappa shape index (κ2) is 8.50. The molecule has 1 fully saturated rings. The molecular formula is C18H25N3O5. The van der Waals surface area contributed by atoms with E-state index in [1.807, 2.05) is 44.6 Å². The maximum absolute atomic E-state index is 11.5. The van der Waals surface area contributed by atoms with E-state index in [9.17, 15) is 9.90 Å². The Labute approximate surface area is 152 Å². The number of aliphatic hydroxyl groups is 1. The number of carbonyl (C=O) groups excluding carboxylic acids is 1. The summed E-state index contributed by atoms with van der Waals surface area (Å²) >= 11 is 0. The van der Waals surface area contributed by atoms with Crippen molar-refractivity contribution in [1.82, 2.24) is 14.8 Å². The fraction of sp³-hybridized carbons (Fsp3) is 0.500. The lowest BCUT2D eigenvalue weighted by molar-refractivity contribution is -0.198. The molecule has 8 nitrogen and oxygen atoms in total. The Kier molecular flexibility index (Phi) is 6.10. The third kappa shape index (κ3) is 4.53. The third-order valence-electron chi connectivity index (χ3n) is 4.29. The minimum atomic E-state index is -1.26. The molecule has 142 valence electrons. The monoisotopic (exact) mass is 363 g/mol. The number of ether oxygens (including phenoxy) is 3. The number of carbonyl (C=O) groups is 1. The van der Waals surface area contributed by atoms with Gasteiger partial charge in [0.15, 0.2) is 0 Å². The lowest BCUT2D eigenvalue weighted by Crippen LogP contribution is -2.49. The number of para-hydroxylation sites is 1. The van der Waals surface area contributed by atoms with Crippen LogP contribution in [0.3, 0.4) is 0 Å². The van der Waals surface area contributed by atoms with Crippen LogP contribution in [0.2, 0.25) is 0 Å². The zero-order valence-electron chi connectivity index (χ0n) is 15.1. The van der Waals surface area contributed by atoms with Crippen molar-refractivity contribution in [2.45, 2.75) is 18.9 Å². The topological polar surface area (TPSA) is 85.2 Å². The Hall–Kier alpha value is -2.13. The number of fused-ring (bicyclic) bond motifs is 1. The molecule has 8 heteroatoms. The molecule has 0 bridgehead atoms. The molecule has 2 heterocycles. The molecule has 2 aromatic rings. The van der Waals surface area contributed by atoms with E-state index >= 15 is 0 Å². The molecule has 0 spiro atoms. The van der Waals surface area contributed by atoms with Crippen molar-refractivity contribution in [2.75, 3.05) is 40.5 Å². The van der Waals surface area contributed by atoms with Crippen molar-refractivity contribution in [2.24, 2.45) is 0 Å². The Balaban J connectivity index is 1.60. The van der Waals surface area contributed by atoms with Crippen LogP contribution in [-0.2, 0) is 20.6 Å². The van der Waals surface area contributed by atoms with Crippen LogP contribution in [0.15, 0.2) is 30.5 Å². The van der Waals surface area contributed by atoms with Gasteiger partial charge in [0.25, 0.3) is 0 Å². The number of nitrogens with zero attached hydrogens (tertiary/aromatic N) is 2. The van der Waals surface area contributed by atoms with E-state index in [0.717, 1.165) is 29.4 Å². The summed E-state index contributed by atoms with van der Waals surface area (Å²) in [7, 11) is 4.04. The van der Waals surface area contributed by atoms with E-state index < -0.39 is 12.6 Å². The first-order chi connectivity index (χ1) is 12.5. The second-order valence-electron chi connectivity index (χ2n) is 6.54. The fourth-order valence-electron chi connectivity index (χ4n) is 2.74. The van der Waals surface area contributed by atoms with Crippen molar-refractivity contribution in [3.63, 3.8) is 0 Å².